The first-order valence-corrected chi connectivity index (χ1v) is 13.3. The molecule has 186 valence electrons. The van der Waals surface area contributed by atoms with E-state index >= 15 is 0 Å². The number of nitrogens with zero attached hydrogens (tertiary/aromatic N) is 2. The van der Waals surface area contributed by atoms with E-state index in [1.807, 2.05) is 18.2 Å². The lowest BCUT2D eigenvalue weighted by atomic mass is 10.1. The lowest BCUT2D eigenvalue weighted by Crippen LogP contribution is -2.36. The van der Waals surface area contributed by atoms with Crippen molar-refractivity contribution < 1.29 is 9.59 Å². The zero-order valence-corrected chi connectivity index (χ0v) is 21.3. The number of benzene rings is 1. The number of amides is 2. The third-order valence-corrected chi connectivity index (χ3v) is 6.59. The molecule has 1 aliphatic heterocycles. The van der Waals surface area contributed by atoms with Crippen LogP contribution in [0.25, 0.3) is 0 Å². The molecule has 0 atom stereocenters. The van der Waals surface area contributed by atoms with E-state index in [1.165, 1.54) is 32.1 Å². The molecule has 1 aliphatic rings. The summed E-state index contributed by atoms with van der Waals surface area (Å²) in [6.07, 6.45) is 11.1. The summed E-state index contributed by atoms with van der Waals surface area (Å²) < 4.78 is 0. The van der Waals surface area contributed by atoms with Crippen LogP contribution in [0.2, 0.25) is 0 Å². The maximum Gasteiger partial charge on any atom is 0.253 e. The minimum absolute atomic E-state index is 0.0316. The number of nitrogens with one attached hydrogen (secondary N) is 2. The molecular weight excluding hydrogens is 412 g/mol. The first-order valence-electron chi connectivity index (χ1n) is 13.3. The molecule has 1 saturated heterocycles. The second-order valence-corrected chi connectivity index (χ2v) is 9.13. The van der Waals surface area contributed by atoms with Crippen LogP contribution in [0, 0.1) is 0 Å². The van der Waals surface area contributed by atoms with E-state index in [-0.39, 0.29) is 11.8 Å². The van der Waals surface area contributed by atoms with Gasteiger partial charge in [-0.3, -0.25) is 9.59 Å². The van der Waals surface area contributed by atoms with Gasteiger partial charge in [-0.15, -0.1) is 0 Å². The van der Waals surface area contributed by atoms with E-state index in [1.54, 1.807) is 0 Å². The van der Waals surface area contributed by atoms with Gasteiger partial charge in [0.1, 0.15) is 0 Å². The second kappa shape index (κ2) is 15.7. The fourth-order valence-corrected chi connectivity index (χ4v) is 4.46. The van der Waals surface area contributed by atoms with Crippen molar-refractivity contribution in [1.29, 1.82) is 0 Å². The van der Waals surface area contributed by atoms with Gasteiger partial charge in [-0.25, -0.2) is 0 Å². The second-order valence-electron chi connectivity index (χ2n) is 9.13. The molecule has 6 heteroatoms. The van der Waals surface area contributed by atoms with Crippen molar-refractivity contribution >= 4 is 23.2 Å². The van der Waals surface area contributed by atoms with Crippen molar-refractivity contribution in [3.8, 4) is 0 Å². The Hall–Kier alpha value is -2.08. The van der Waals surface area contributed by atoms with E-state index in [4.69, 9.17) is 0 Å². The minimum Gasteiger partial charge on any atom is -0.371 e. The molecule has 2 N–H and O–H groups in total. The predicted molar refractivity (Wildman–Crippen MR) is 139 cm³/mol. The van der Waals surface area contributed by atoms with Gasteiger partial charge in [0.05, 0.1) is 5.56 Å². The molecule has 0 aromatic heterocycles. The fraction of sp³-hybridized carbons (Fsp3) is 0.704. The van der Waals surface area contributed by atoms with Crippen LogP contribution in [0.15, 0.2) is 18.2 Å². The largest absolute Gasteiger partial charge is 0.371 e. The highest BCUT2D eigenvalue weighted by atomic mass is 16.2. The van der Waals surface area contributed by atoms with E-state index in [0.29, 0.717) is 24.2 Å². The summed E-state index contributed by atoms with van der Waals surface area (Å²) in [5.74, 6) is -0.0288. The van der Waals surface area contributed by atoms with Crippen LogP contribution in [0.1, 0.15) is 95.3 Å². The third kappa shape index (κ3) is 9.75. The lowest BCUT2D eigenvalue weighted by molar-refractivity contribution is -0.116. The molecule has 0 unspecified atom stereocenters. The average molecular weight is 459 g/mol. The molecule has 1 heterocycles. The zero-order chi connectivity index (χ0) is 23.9. The standard InChI is InChI=1S/C27H46N4O2/c1-4-7-8-9-10-12-15-26(32)29-23-16-17-25(31-19-13-11-14-20-31)24(22-23)27(33)28-18-21-30(5-2)6-3/h16-17,22H,4-15,18-21H2,1-3H3,(H,28,33)(H,29,32). The van der Waals surface area contributed by atoms with Crippen molar-refractivity contribution in [3.05, 3.63) is 23.8 Å². The summed E-state index contributed by atoms with van der Waals surface area (Å²) in [6.45, 7) is 11.9. The molecule has 1 aromatic carbocycles. The fourth-order valence-electron chi connectivity index (χ4n) is 4.46. The van der Waals surface area contributed by atoms with Crippen molar-refractivity contribution in [1.82, 2.24) is 10.2 Å². The first kappa shape index (κ1) is 27.2. The van der Waals surface area contributed by atoms with E-state index in [9.17, 15) is 9.59 Å². The van der Waals surface area contributed by atoms with E-state index in [2.05, 4.69) is 41.2 Å². The van der Waals surface area contributed by atoms with Gasteiger partial charge in [-0.1, -0.05) is 52.9 Å². The van der Waals surface area contributed by atoms with Crippen molar-refractivity contribution in [2.45, 2.75) is 85.0 Å². The number of rotatable bonds is 15. The molecule has 33 heavy (non-hydrogen) atoms. The molecular formula is C27H46N4O2. The Labute approximate surface area is 201 Å². The molecule has 1 fully saturated rings. The van der Waals surface area contributed by atoms with Crippen LogP contribution in [0.3, 0.4) is 0 Å². The topological polar surface area (TPSA) is 64.7 Å². The number of unbranched alkanes of at least 4 members (excludes halogenated alkanes) is 5. The van der Waals surface area contributed by atoms with Gasteiger partial charge < -0.3 is 20.4 Å². The summed E-state index contributed by atoms with van der Waals surface area (Å²) in [7, 11) is 0. The van der Waals surface area contributed by atoms with Crippen LogP contribution in [0.5, 0.6) is 0 Å². The number of likely N-dealkylation sites (N-methyl/N-ethyl adjacent to an activating group) is 1. The summed E-state index contributed by atoms with van der Waals surface area (Å²) in [5.41, 5.74) is 2.35. The Morgan fingerprint density at radius 1 is 0.939 bits per heavy atom. The van der Waals surface area contributed by atoms with Gasteiger partial charge in [0.25, 0.3) is 5.91 Å². The van der Waals surface area contributed by atoms with Crippen LogP contribution in [-0.2, 0) is 4.79 Å². The number of piperidine rings is 1. The van der Waals surface area contributed by atoms with Crippen molar-refractivity contribution in [3.63, 3.8) is 0 Å². The molecule has 0 saturated carbocycles. The Morgan fingerprint density at radius 2 is 1.64 bits per heavy atom. The van der Waals surface area contributed by atoms with Crippen LogP contribution >= 0.6 is 0 Å². The van der Waals surface area contributed by atoms with Crippen LogP contribution in [-0.4, -0.2) is 56.0 Å². The lowest BCUT2D eigenvalue weighted by Gasteiger charge is -2.30. The van der Waals surface area contributed by atoms with Gasteiger partial charge in [0.2, 0.25) is 5.91 Å². The van der Waals surface area contributed by atoms with Crippen LogP contribution in [0.4, 0.5) is 11.4 Å². The highest BCUT2D eigenvalue weighted by Crippen LogP contribution is 2.27. The normalized spacial score (nSPS) is 13.9. The maximum absolute atomic E-state index is 13.1. The van der Waals surface area contributed by atoms with Gasteiger partial charge in [-0.05, 0) is 57.0 Å². The summed E-state index contributed by atoms with van der Waals surface area (Å²) in [4.78, 5) is 30.2. The molecule has 0 bridgehead atoms. The van der Waals surface area contributed by atoms with Gasteiger partial charge >= 0.3 is 0 Å². The molecule has 2 rings (SSSR count). The Morgan fingerprint density at radius 3 is 2.33 bits per heavy atom. The summed E-state index contributed by atoms with van der Waals surface area (Å²) >= 11 is 0. The highest BCUT2D eigenvalue weighted by molar-refractivity contribution is 6.02. The molecule has 0 aliphatic carbocycles. The minimum atomic E-state index is -0.0604. The SMILES string of the molecule is CCCCCCCCC(=O)Nc1ccc(N2CCCCC2)c(C(=O)NCCN(CC)CC)c1. The van der Waals surface area contributed by atoms with Gasteiger partial charge in [0.15, 0.2) is 0 Å². The quantitative estimate of drug-likeness (QED) is 0.344. The Balaban J connectivity index is 2.00. The van der Waals surface area contributed by atoms with Gasteiger partial charge in [-0.2, -0.15) is 0 Å². The summed E-state index contributed by atoms with van der Waals surface area (Å²) in [6, 6.07) is 5.80. The zero-order valence-electron chi connectivity index (χ0n) is 21.3. The predicted octanol–water partition coefficient (Wildman–Crippen LogP) is 5.44. The highest BCUT2D eigenvalue weighted by Gasteiger charge is 2.19. The summed E-state index contributed by atoms with van der Waals surface area (Å²) in [5, 5.41) is 6.11. The van der Waals surface area contributed by atoms with Crippen molar-refractivity contribution in [2.24, 2.45) is 0 Å². The first-order chi connectivity index (χ1) is 16.1. The smallest absolute Gasteiger partial charge is 0.253 e. The average Bonchev–Trinajstić information content (AvgIpc) is 2.84. The van der Waals surface area contributed by atoms with Gasteiger partial charge in [0, 0.05) is 44.0 Å². The Bertz CT molecular complexity index is 712. The molecule has 0 spiro atoms. The van der Waals surface area contributed by atoms with Crippen LogP contribution < -0.4 is 15.5 Å². The maximum atomic E-state index is 13.1. The van der Waals surface area contributed by atoms with Crippen molar-refractivity contribution in [2.75, 3.05) is 49.5 Å². The molecule has 2 amide bonds. The number of anilines is 2. The molecule has 1 aromatic rings. The number of hydrogen-bond acceptors (Lipinski definition) is 4. The third-order valence-electron chi connectivity index (χ3n) is 6.59. The monoisotopic (exact) mass is 458 g/mol. The molecule has 6 nitrogen and oxygen atoms in total. The number of carbonyl (C=O) groups excluding carboxylic acids is 2. The van der Waals surface area contributed by atoms with E-state index < -0.39 is 0 Å². The number of hydrogen-bond donors (Lipinski definition) is 2. The number of carbonyl (C=O) groups is 2. The molecule has 0 radical (unpaired) electrons. The van der Waals surface area contributed by atoms with E-state index in [0.717, 1.165) is 64.1 Å². The Kier molecular flexibility index (Phi) is 12.9.